The van der Waals surface area contributed by atoms with E-state index in [1.54, 1.807) is 0 Å². The smallest absolute Gasteiger partial charge is 0.182 e. The highest BCUT2D eigenvalue weighted by Crippen LogP contribution is 2.34. The number of nitrogens with zero attached hydrogens (tertiary/aromatic N) is 6. The molecule has 0 aromatic carbocycles. The van der Waals surface area contributed by atoms with Gasteiger partial charge in [0.15, 0.2) is 11.6 Å². The number of hydrogen-bond donors (Lipinski definition) is 1. The van der Waals surface area contributed by atoms with Crippen LogP contribution in [0.25, 0.3) is 17.0 Å². The first-order chi connectivity index (χ1) is 14.6. The van der Waals surface area contributed by atoms with E-state index in [4.69, 9.17) is 14.6 Å². The first-order valence-corrected chi connectivity index (χ1v) is 10.8. The molecule has 3 fully saturated rings. The maximum absolute atomic E-state index is 6.05. The summed E-state index contributed by atoms with van der Waals surface area (Å²) >= 11 is 0. The Balaban J connectivity index is 1.48. The minimum atomic E-state index is 0.179. The second-order valence-electron chi connectivity index (χ2n) is 8.75. The molecule has 9 nitrogen and oxygen atoms in total. The van der Waals surface area contributed by atoms with Crippen LogP contribution < -0.4 is 9.80 Å². The molecule has 3 aromatic heterocycles. The highest BCUT2D eigenvalue weighted by Gasteiger charge is 2.35. The Morgan fingerprint density at radius 2 is 1.77 bits per heavy atom. The summed E-state index contributed by atoms with van der Waals surface area (Å²) in [5.41, 5.74) is 2.93. The van der Waals surface area contributed by atoms with Crippen molar-refractivity contribution in [2.45, 2.75) is 51.1 Å². The monoisotopic (exact) mass is 409 g/mol. The van der Waals surface area contributed by atoms with E-state index < -0.39 is 0 Å². The number of ether oxygens (including phenoxy) is 2. The molecule has 4 atom stereocenters. The molecular formula is C21H27N7O2. The number of aromatic nitrogens is 5. The van der Waals surface area contributed by atoms with Crippen LogP contribution in [0, 0.1) is 0 Å². The second-order valence-corrected chi connectivity index (χ2v) is 8.75. The van der Waals surface area contributed by atoms with Crippen molar-refractivity contribution in [1.82, 2.24) is 24.8 Å². The molecule has 6 heterocycles. The van der Waals surface area contributed by atoms with Gasteiger partial charge in [-0.2, -0.15) is 5.10 Å². The number of hydrogen-bond acceptors (Lipinski definition) is 7. The minimum Gasteiger partial charge on any atom is -0.372 e. The molecule has 0 aliphatic carbocycles. The Morgan fingerprint density at radius 1 is 1.00 bits per heavy atom. The number of imidazole rings is 1. The summed E-state index contributed by atoms with van der Waals surface area (Å²) in [7, 11) is 0. The van der Waals surface area contributed by atoms with E-state index >= 15 is 0 Å². The Bertz CT molecular complexity index is 1030. The van der Waals surface area contributed by atoms with Crippen molar-refractivity contribution >= 4 is 17.0 Å². The third kappa shape index (κ3) is 3.04. The van der Waals surface area contributed by atoms with Gasteiger partial charge in [0, 0.05) is 38.4 Å². The standard InChI is InChI=1S/C21H27N7O2/c1-13-9-26(10-14(2)29-13)18-7-20(27-11-15-3-4-16(12-27)30-15)25-28-19(18)8-22-21(28)17-5-6-23-24-17/h5-8,13-16H,3-4,9-12H2,1-2H3,(H,23,24). The zero-order valence-corrected chi connectivity index (χ0v) is 17.4. The summed E-state index contributed by atoms with van der Waals surface area (Å²) in [6, 6.07) is 4.15. The molecule has 3 aliphatic heterocycles. The maximum Gasteiger partial charge on any atom is 0.182 e. The third-order valence-electron chi connectivity index (χ3n) is 6.33. The van der Waals surface area contributed by atoms with Crippen LogP contribution in [0.4, 0.5) is 11.5 Å². The predicted molar refractivity (Wildman–Crippen MR) is 113 cm³/mol. The van der Waals surface area contributed by atoms with Gasteiger partial charge >= 0.3 is 0 Å². The van der Waals surface area contributed by atoms with Crippen molar-refractivity contribution in [3.8, 4) is 11.5 Å². The number of anilines is 2. The zero-order chi connectivity index (χ0) is 20.2. The van der Waals surface area contributed by atoms with Crippen LogP contribution in [0.5, 0.6) is 0 Å². The largest absolute Gasteiger partial charge is 0.372 e. The van der Waals surface area contributed by atoms with Crippen molar-refractivity contribution in [3.63, 3.8) is 0 Å². The van der Waals surface area contributed by atoms with Gasteiger partial charge in [-0.25, -0.2) is 9.50 Å². The fraction of sp³-hybridized carbons (Fsp3) is 0.571. The number of aromatic amines is 1. The first-order valence-electron chi connectivity index (χ1n) is 10.8. The average molecular weight is 409 g/mol. The van der Waals surface area contributed by atoms with Gasteiger partial charge in [0.2, 0.25) is 0 Å². The maximum atomic E-state index is 6.05. The topological polar surface area (TPSA) is 83.8 Å². The van der Waals surface area contributed by atoms with Crippen LogP contribution in [0.1, 0.15) is 26.7 Å². The molecular weight excluding hydrogens is 382 g/mol. The quantitative estimate of drug-likeness (QED) is 0.709. The third-order valence-corrected chi connectivity index (χ3v) is 6.33. The van der Waals surface area contributed by atoms with Crippen LogP contribution in [0.15, 0.2) is 24.5 Å². The van der Waals surface area contributed by atoms with E-state index in [0.717, 1.165) is 67.6 Å². The molecule has 1 N–H and O–H groups in total. The summed E-state index contributed by atoms with van der Waals surface area (Å²) < 4.78 is 14.0. The molecule has 0 amide bonds. The molecule has 3 aromatic rings. The van der Waals surface area contributed by atoms with E-state index in [-0.39, 0.29) is 12.2 Å². The Morgan fingerprint density at radius 3 is 2.47 bits per heavy atom. The lowest BCUT2D eigenvalue weighted by Gasteiger charge is -2.38. The average Bonchev–Trinajstić information content (AvgIpc) is 3.46. The molecule has 9 heteroatoms. The van der Waals surface area contributed by atoms with E-state index in [2.05, 4.69) is 44.9 Å². The number of morpholine rings is 2. The molecule has 4 unspecified atom stereocenters. The Kier molecular flexibility index (Phi) is 4.21. The normalized spacial score (nSPS) is 29.1. The van der Waals surface area contributed by atoms with E-state index in [1.807, 2.05) is 23.0 Å². The fourth-order valence-electron chi connectivity index (χ4n) is 5.09. The molecule has 158 valence electrons. The van der Waals surface area contributed by atoms with E-state index in [1.165, 1.54) is 0 Å². The van der Waals surface area contributed by atoms with Gasteiger partial charge in [-0.3, -0.25) is 5.10 Å². The van der Waals surface area contributed by atoms with Gasteiger partial charge in [0.25, 0.3) is 0 Å². The fourth-order valence-corrected chi connectivity index (χ4v) is 5.09. The number of nitrogens with one attached hydrogen (secondary N) is 1. The van der Waals surface area contributed by atoms with Crippen molar-refractivity contribution in [2.75, 3.05) is 36.0 Å². The highest BCUT2D eigenvalue weighted by molar-refractivity contribution is 5.77. The van der Waals surface area contributed by atoms with Crippen molar-refractivity contribution in [3.05, 3.63) is 24.5 Å². The van der Waals surface area contributed by atoms with Crippen LogP contribution >= 0.6 is 0 Å². The van der Waals surface area contributed by atoms with E-state index in [9.17, 15) is 0 Å². The Hall–Kier alpha value is -2.65. The summed E-state index contributed by atoms with van der Waals surface area (Å²) in [5.74, 6) is 1.72. The van der Waals surface area contributed by atoms with Gasteiger partial charge in [0.05, 0.1) is 36.3 Å². The summed E-state index contributed by atoms with van der Waals surface area (Å²) in [5, 5.41) is 12.2. The molecule has 30 heavy (non-hydrogen) atoms. The Labute approximate surface area is 175 Å². The van der Waals surface area contributed by atoms with Crippen LogP contribution in [-0.2, 0) is 9.47 Å². The van der Waals surface area contributed by atoms with Gasteiger partial charge in [-0.15, -0.1) is 5.10 Å². The highest BCUT2D eigenvalue weighted by atomic mass is 16.5. The van der Waals surface area contributed by atoms with E-state index in [0.29, 0.717) is 12.2 Å². The van der Waals surface area contributed by atoms with Gasteiger partial charge < -0.3 is 19.3 Å². The first kappa shape index (κ1) is 18.1. The van der Waals surface area contributed by atoms with Gasteiger partial charge in [-0.1, -0.05) is 0 Å². The molecule has 2 bridgehead atoms. The molecule has 3 saturated heterocycles. The molecule has 0 radical (unpaired) electrons. The molecule has 6 rings (SSSR count). The second kappa shape index (κ2) is 6.95. The summed E-state index contributed by atoms with van der Waals surface area (Å²) in [6.45, 7) is 7.73. The van der Waals surface area contributed by atoms with Crippen molar-refractivity contribution in [2.24, 2.45) is 0 Å². The van der Waals surface area contributed by atoms with Crippen molar-refractivity contribution in [1.29, 1.82) is 0 Å². The lowest BCUT2D eigenvalue weighted by atomic mass is 10.2. The van der Waals surface area contributed by atoms with Gasteiger partial charge in [0.1, 0.15) is 11.2 Å². The van der Waals surface area contributed by atoms with Crippen LogP contribution in [-0.4, -0.2) is 75.4 Å². The summed E-state index contributed by atoms with van der Waals surface area (Å²) in [4.78, 5) is 9.46. The van der Waals surface area contributed by atoms with Crippen LogP contribution in [0.3, 0.4) is 0 Å². The summed E-state index contributed by atoms with van der Waals surface area (Å²) in [6.07, 6.45) is 6.97. The number of fused-ring (bicyclic) bond motifs is 3. The SMILES string of the molecule is CC1CN(c2cc(N3CC4CCC(C3)O4)nn3c(-c4cc[nH]n4)ncc23)CC(C)O1. The lowest BCUT2D eigenvalue weighted by molar-refractivity contribution is -0.00515. The molecule has 0 saturated carbocycles. The predicted octanol–water partition coefficient (Wildman–Crippen LogP) is 2.10. The molecule has 3 aliphatic rings. The molecule has 0 spiro atoms. The lowest BCUT2D eigenvalue weighted by Crippen LogP contribution is -2.46. The number of rotatable bonds is 3. The van der Waals surface area contributed by atoms with Gasteiger partial charge in [-0.05, 0) is 32.8 Å². The zero-order valence-electron chi connectivity index (χ0n) is 17.4. The number of H-pyrrole nitrogens is 1. The van der Waals surface area contributed by atoms with Crippen LogP contribution in [0.2, 0.25) is 0 Å². The minimum absolute atomic E-state index is 0.179. The van der Waals surface area contributed by atoms with Crippen molar-refractivity contribution < 1.29 is 9.47 Å².